The minimum Gasteiger partial charge on any atom is -0.378 e. The molecule has 0 bridgehead atoms. The van der Waals surface area contributed by atoms with Gasteiger partial charge in [-0.3, -0.25) is 9.78 Å². The Hall–Kier alpha value is -1.46. The van der Waals surface area contributed by atoms with Gasteiger partial charge < -0.3 is 15.4 Å². The topological polar surface area (TPSA) is 63.2 Å². The maximum Gasteiger partial charge on any atom is 0.222 e. The van der Waals surface area contributed by atoms with Crippen LogP contribution >= 0.6 is 0 Å². The van der Waals surface area contributed by atoms with Crippen molar-refractivity contribution in [3.63, 3.8) is 0 Å². The second-order valence-electron chi connectivity index (χ2n) is 4.51. The first-order valence-corrected chi connectivity index (χ1v) is 6.26. The molecule has 0 saturated carbocycles. The Kier molecular flexibility index (Phi) is 4.66. The van der Waals surface area contributed by atoms with Crippen LogP contribution in [0.1, 0.15) is 24.9 Å². The Morgan fingerprint density at radius 2 is 2.61 bits per heavy atom. The molecule has 1 amide bonds. The van der Waals surface area contributed by atoms with Crippen molar-refractivity contribution in [2.45, 2.75) is 25.4 Å². The number of hydrogen-bond acceptors (Lipinski definition) is 4. The zero-order chi connectivity index (χ0) is 12.8. The lowest BCUT2D eigenvalue weighted by Crippen LogP contribution is -2.44. The molecule has 1 aromatic rings. The summed E-state index contributed by atoms with van der Waals surface area (Å²) in [6.45, 7) is 4.11. The molecule has 18 heavy (non-hydrogen) atoms. The third-order valence-corrected chi connectivity index (χ3v) is 2.99. The van der Waals surface area contributed by atoms with Gasteiger partial charge in [0, 0.05) is 31.4 Å². The largest absolute Gasteiger partial charge is 0.378 e. The van der Waals surface area contributed by atoms with Crippen LogP contribution < -0.4 is 10.6 Å². The number of carbonyl (C=O) groups excluding carboxylic acids is 1. The molecular formula is C13H19N3O2. The Balaban J connectivity index is 1.80. The van der Waals surface area contributed by atoms with Gasteiger partial charge in [0.1, 0.15) is 0 Å². The summed E-state index contributed by atoms with van der Waals surface area (Å²) in [5, 5.41) is 6.23. The third kappa shape index (κ3) is 3.78. The minimum atomic E-state index is -0.0179. The molecule has 1 aliphatic heterocycles. The second-order valence-corrected chi connectivity index (χ2v) is 4.51. The summed E-state index contributed by atoms with van der Waals surface area (Å²) in [7, 11) is 0. The number of aromatic nitrogens is 1. The molecule has 1 fully saturated rings. The van der Waals surface area contributed by atoms with Crippen molar-refractivity contribution in [1.29, 1.82) is 0 Å². The highest BCUT2D eigenvalue weighted by Gasteiger charge is 2.18. The van der Waals surface area contributed by atoms with Gasteiger partial charge in [0.25, 0.3) is 0 Å². The third-order valence-electron chi connectivity index (χ3n) is 2.99. The number of nitrogens with one attached hydrogen (secondary N) is 2. The lowest BCUT2D eigenvalue weighted by Gasteiger charge is -2.24. The lowest BCUT2D eigenvalue weighted by molar-refractivity contribution is -0.122. The first-order chi connectivity index (χ1) is 8.75. The van der Waals surface area contributed by atoms with Crippen LogP contribution in [-0.4, -0.2) is 36.7 Å². The Labute approximate surface area is 107 Å². The van der Waals surface area contributed by atoms with Gasteiger partial charge in [0.05, 0.1) is 19.3 Å². The number of hydrogen-bond donors (Lipinski definition) is 2. The molecule has 0 aliphatic carbocycles. The molecule has 0 aromatic carbocycles. The number of rotatable bonds is 4. The van der Waals surface area contributed by atoms with Crippen LogP contribution in [0.15, 0.2) is 24.5 Å². The summed E-state index contributed by atoms with van der Waals surface area (Å²) >= 11 is 0. The SMILES string of the molecule is C[C@@H](NC(=O)CC1COCCN1)c1cccnc1. The fourth-order valence-electron chi connectivity index (χ4n) is 1.99. The normalized spacial score (nSPS) is 21.3. The Morgan fingerprint density at radius 1 is 1.72 bits per heavy atom. The standard InChI is InChI=1S/C13H19N3O2/c1-10(11-3-2-4-14-8-11)16-13(17)7-12-9-18-6-5-15-12/h2-4,8,10,12,15H,5-7,9H2,1H3,(H,16,17)/t10-,12?/m1/s1. The smallest absolute Gasteiger partial charge is 0.222 e. The van der Waals surface area contributed by atoms with Crippen LogP contribution in [0.2, 0.25) is 0 Å². The average Bonchev–Trinajstić information content (AvgIpc) is 2.40. The summed E-state index contributed by atoms with van der Waals surface area (Å²) in [5.74, 6) is 0.0364. The van der Waals surface area contributed by atoms with Crippen LogP contribution in [0.4, 0.5) is 0 Å². The van der Waals surface area contributed by atoms with Gasteiger partial charge in [-0.25, -0.2) is 0 Å². The number of nitrogens with zero attached hydrogens (tertiary/aromatic N) is 1. The molecule has 5 heteroatoms. The van der Waals surface area contributed by atoms with Crippen molar-refractivity contribution < 1.29 is 9.53 Å². The fraction of sp³-hybridized carbons (Fsp3) is 0.538. The first-order valence-electron chi connectivity index (χ1n) is 6.26. The van der Waals surface area contributed by atoms with Gasteiger partial charge in [-0.15, -0.1) is 0 Å². The van der Waals surface area contributed by atoms with Gasteiger partial charge >= 0.3 is 0 Å². The molecular weight excluding hydrogens is 230 g/mol. The van der Waals surface area contributed by atoms with Crippen LogP contribution in [0.3, 0.4) is 0 Å². The van der Waals surface area contributed by atoms with Crippen LogP contribution in [-0.2, 0) is 9.53 Å². The van der Waals surface area contributed by atoms with E-state index < -0.39 is 0 Å². The van der Waals surface area contributed by atoms with Gasteiger partial charge in [-0.2, -0.15) is 0 Å². The van der Waals surface area contributed by atoms with E-state index >= 15 is 0 Å². The molecule has 98 valence electrons. The fourth-order valence-corrected chi connectivity index (χ4v) is 1.99. The molecule has 0 spiro atoms. The number of ether oxygens (including phenoxy) is 1. The van der Waals surface area contributed by atoms with Crippen LogP contribution in [0.5, 0.6) is 0 Å². The first kappa shape index (κ1) is 13.0. The molecule has 2 N–H and O–H groups in total. The van der Waals surface area contributed by atoms with Gasteiger partial charge in [-0.1, -0.05) is 6.07 Å². The van der Waals surface area contributed by atoms with E-state index in [0.717, 1.165) is 18.7 Å². The molecule has 0 radical (unpaired) electrons. The molecule has 1 saturated heterocycles. The van der Waals surface area contributed by atoms with Crippen molar-refractivity contribution >= 4 is 5.91 Å². The Bertz CT molecular complexity index is 377. The van der Waals surface area contributed by atoms with Crippen molar-refractivity contribution in [3.8, 4) is 0 Å². The van der Waals surface area contributed by atoms with E-state index in [1.165, 1.54) is 0 Å². The van der Waals surface area contributed by atoms with E-state index in [9.17, 15) is 4.79 Å². The average molecular weight is 249 g/mol. The zero-order valence-corrected chi connectivity index (χ0v) is 10.6. The van der Waals surface area contributed by atoms with Crippen molar-refractivity contribution in [3.05, 3.63) is 30.1 Å². The molecule has 1 aromatic heterocycles. The molecule has 5 nitrogen and oxygen atoms in total. The maximum absolute atomic E-state index is 11.9. The molecule has 1 unspecified atom stereocenters. The molecule has 1 aliphatic rings. The molecule has 2 heterocycles. The summed E-state index contributed by atoms with van der Waals surface area (Å²) < 4.78 is 5.32. The number of amides is 1. The van der Waals surface area contributed by atoms with E-state index in [1.807, 2.05) is 19.1 Å². The summed E-state index contributed by atoms with van der Waals surface area (Å²) in [5.41, 5.74) is 1.01. The quantitative estimate of drug-likeness (QED) is 0.822. The van der Waals surface area contributed by atoms with Crippen molar-refractivity contribution in [2.24, 2.45) is 0 Å². The second kappa shape index (κ2) is 6.47. The predicted octanol–water partition coefficient (Wildman–Crippen LogP) is 0.637. The lowest BCUT2D eigenvalue weighted by atomic mass is 10.1. The summed E-state index contributed by atoms with van der Waals surface area (Å²) in [4.78, 5) is 15.9. The number of pyridine rings is 1. The highest BCUT2D eigenvalue weighted by molar-refractivity contribution is 5.77. The number of morpholine rings is 1. The molecule has 2 atom stereocenters. The van der Waals surface area contributed by atoms with Crippen LogP contribution in [0, 0.1) is 0 Å². The predicted molar refractivity (Wildman–Crippen MR) is 68.0 cm³/mol. The van der Waals surface area contributed by atoms with Crippen molar-refractivity contribution in [2.75, 3.05) is 19.8 Å². The van der Waals surface area contributed by atoms with Gasteiger partial charge in [-0.05, 0) is 18.6 Å². The van der Waals surface area contributed by atoms with E-state index in [4.69, 9.17) is 4.74 Å². The zero-order valence-electron chi connectivity index (χ0n) is 10.6. The van der Waals surface area contributed by atoms with E-state index in [2.05, 4.69) is 15.6 Å². The maximum atomic E-state index is 11.9. The highest BCUT2D eigenvalue weighted by atomic mass is 16.5. The van der Waals surface area contributed by atoms with E-state index in [-0.39, 0.29) is 18.0 Å². The highest BCUT2D eigenvalue weighted by Crippen LogP contribution is 2.10. The Morgan fingerprint density at radius 3 is 3.28 bits per heavy atom. The monoisotopic (exact) mass is 249 g/mol. The van der Waals surface area contributed by atoms with Crippen LogP contribution in [0.25, 0.3) is 0 Å². The number of carbonyl (C=O) groups is 1. The van der Waals surface area contributed by atoms with E-state index in [0.29, 0.717) is 13.0 Å². The summed E-state index contributed by atoms with van der Waals surface area (Å²) in [6, 6.07) is 3.93. The van der Waals surface area contributed by atoms with Crippen molar-refractivity contribution in [1.82, 2.24) is 15.6 Å². The molecule has 2 rings (SSSR count). The summed E-state index contributed by atoms with van der Waals surface area (Å²) in [6.07, 6.45) is 3.94. The van der Waals surface area contributed by atoms with Gasteiger partial charge in [0.15, 0.2) is 0 Å². The van der Waals surface area contributed by atoms with E-state index in [1.54, 1.807) is 12.4 Å². The van der Waals surface area contributed by atoms with Gasteiger partial charge in [0.2, 0.25) is 5.91 Å². The minimum absolute atomic E-state index is 0.0179.